The predicted octanol–water partition coefficient (Wildman–Crippen LogP) is 4.73. The summed E-state index contributed by atoms with van der Waals surface area (Å²) in [5.74, 6) is -0.0717. The molecule has 3 aromatic rings. The zero-order valence-electron chi connectivity index (χ0n) is 20.2. The first-order chi connectivity index (χ1) is 17.8. The van der Waals surface area contributed by atoms with E-state index in [1.54, 1.807) is 41.2 Å². The lowest BCUT2D eigenvalue weighted by Gasteiger charge is -2.39. The molecule has 0 amide bonds. The highest BCUT2D eigenvalue weighted by molar-refractivity contribution is 6.35. The zero-order chi connectivity index (χ0) is 26.1. The van der Waals surface area contributed by atoms with Crippen LogP contribution in [0.25, 0.3) is 6.08 Å². The van der Waals surface area contributed by atoms with Gasteiger partial charge in [0, 0.05) is 40.9 Å². The standard InChI is InChI=1S/C27H26Cl2FN5O2/c1-16-10-19(32-27(35-13-20(36)14-35)33-23-5-3-2-4-22(23)30)12-24-25(16)26(37)34(15-31-24)9-8-17-6-7-18(28)11-21(17)29/h2-7,11-12,15-16,20,36H,8-10,13-14H2,1H3,(H,32,33). The Kier molecular flexibility index (Phi) is 7.33. The third-order valence-corrected chi connectivity index (χ3v) is 7.17. The van der Waals surface area contributed by atoms with Crippen LogP contribution in [0.4, 0.5) is 10.1 Å². The minimum absolute atomic E-state index is 0.0796. The fraction of sp³-hybridized carbons (Fsp3) is 0.296. The molecule has 7 nitrogen and oxygen atoms in total. The quantitative estimate of drug-likeness (QED) is 0.360. The molecular weight excluding hydrogens is 516 g/mol. The van der Waals surface area contributed by atoms with Crippen LogP contribution in [0.5, 0.6) is 0 Å². The molecular formula is C27H26Cl2FN5O2. The average Bonchev–Trinajstić information content (AvgIpc) is 2.83. The number of halogens is 3. The molecule has 0 spiro atoms. The first-order valence-corrected chi connectivity index (χ1v) is 12.8. The molecule has 1 aromatic heterocycles. The smallest absolute Gasteiger partial charge is 0.257 e. The van der Waals surface area contributed by atoms with Gasteiger partial charge in [0.15, 0.2) is 0 Å². The van der Waals surface area contributed by atoms with Crippen LogP contribution in [0.15, 0.2) is 64.3 Å². The maximum Gasteiger partial charge on any atom is 0.257 e. The number of allylic oxidation sites excluding steroid dienone is 1. The number of nitrogens with one attached hydrogen (secondary N) is 1. The van der Waals surface area contributed by atoms with E-state index in [0.29, 0.717) is 59.7 Å². The highest BCUT2D eigenvalue weighted by atomic mass is 35.5. The number of rotatable bonds is 5. The Bertz CT molecular complexity index is 1450. The summed E-state index contributed by atoms with van der Waals surface area (Å²) in [4.78, 5) is 24.2. The number of aliphatic hydroxyl groups excluding tert-OH is 1. The number of nitrogens with zero attached hydrogens (tertiary/aromatic N) is 4. The molecule has 2 aromatic carbocycles. The van der Waals surface area contributed by atoms with Gasteiger partial charge in [-0.2, -0.15) is 0 Å². The van der Waals surface area contributed by atoms with Crippen LogP contribution in [-0.4, -0.2) is 44.7 Å². The lowest BCUT2D eigenvalue weighted by atomic mass is 9.90. The summed E-state index contributed by atoms with van der Waals surface area (Å²) in [6, 6.07) is 11.6. The Hall–Kier alpha value is -3.20. The number of aromatic nitrogens is 2. The molecule has 0 radical (unpaired) electrons. The molecule has 2 aliphatic rings. The molecule has 1 unspecified atom stereocenters. The van der Waals surface area contributed by atoms with Crippen LogP contribution >= 0.6 is 23.2 Å². The number of benzene rings is 2. The second-order valence-electron chi connectivity index (χ2n) is 9.37. The molecule has 2 N–H and O–H groups in total. The maximum absolute atomic E-state index is 14.3. The number of hydrogen-bond donors (Lipinski definition) is 2. The van der Waals surface area contributed by atoms with Crippen molar-refractivity contribution in [3.8, 4) is 0 Å². The van der Waals surface area contributed by atoms with E-state index in [9.17, 15) is 14.3 Å². The summed E-state index contributed by atoms with van der Waals surface area (Å²) < 4.78 is 15.9. The van der Waals surface area contributed by atoms with Gasteiger partial charge in [-0.15, -0.1) is 0 Å². The van der Waals surface area contributed by atoms with Crippen molar-refractivity contribution in [1.82, 2.24) is 19.8 Å². The van der Waals surface area contributed by atoms with Gasteiger partial charge in [-0.05, 0) is 54.7 Å². The molecule has 37 heavy (non-hydrogen) atoms. The van der Waals surface area contributed by atoms with Gasteiger partial charge in [0.1, 0.15) is 11.5 Å². The number of para-hydroxylation sites is 1. The van der Waals surface area contributed by atoms with Crippen molar-refractivity contribution in [2.24, 2.45) is 4.99 Å². The number of likely N-dealkylation sites (tertiary alicyclic amines) is 1. The SMILES string of the molecule is CC1CC(NC(=Nc2ccccc2F)N2CC(O)C2)=Cc2ncn(CCc3ccc(Cl)cc3Cl)c(=O)c21. The Morgan fingerprint density at radius 2 is 2.03 bits per heavy atom. The monoisotopic (exact) mass is 541 g/mol. The molecule has 1 fully saturated rings. The highest BCUT2D eigenvalue weighted by Crippen LogP contribution is 2.30. The maximum atomic E-state index is 14.3. The van der Waals surface area contributed by atoms with E-state index in [2.05, 4.69) is 15.3 Å². The summed E-state index contributed by atoms with van der Waals surface area (Å²) in [5.41, 5.74) is 3.10. The third kappa shape index (κ3) is 5.56. The van der Waals surface area contributed by atoms with Gasteiger partial charge in [-0.25, -0.2) is 14.4 Å². The molecule has 1 aliphatic heterocycles. The summed E-state index contributed by atoms with van der Waals surface area (Å²) in [6.07, 6.45) is 4.08. The van der Waals surface area contributed by atoms with Gasteiger partial charge < -0.3 is 15.3 Å². The summed E-state index contributed by atoms with van der Waals surface area (Å²) >= 11 is 12.3. The molecule has 10 heteroatoms. The average molecular weight is 542 g/mol. The number of hydrogen-bond acceptors (Lipinski definition) is 4. The van der Waals surface area contributed by atoms with Crippen LogP contribution in [0.1, 0.15) is 36.1 Å². The second-order valence-corrected chi connectivity index (χ2v) is 10.2. The molecule has 1 saturated heterocycles. The lowest BCUT2D eigenvalue weighted by Crippen LogP contribution is -2.57. The molecule has 0 saturated carbocycles. The number of aryl methyl sites for hydroxylation is 2. The summed E-state index contributed by atoms with van der Waals surface area (Å²) in [6.45, 7) is 3.23. The molecule has 1 aliphatic carbocycles. The van der Waals surface area contributed by atoms with E-state index in [0.717, 1.165) is 11.3 Å². The van der Waals surface area contributed by atoms with Crippen LogP contribution in [0, 0.1) is 5.82 Å². The number of fused-ring (bicyclic) bond motifs is 1. The minimum atomic E-state index is -0.449. The van der Waals surface area contributed by atoms with E-state index in [-0.39, 0.29) is 17.2 Å². The van der Waals surface area contributed by atoms with Crippen molar-refractivity contribution in [2.45, 2.75) is 38.3 Å². The van der Waals surface area contributed by atoms with Gasteiger partial charge in [0.05, 0.1) is 18.1 Å². The highest BCUT2D eigenvalue weighted by Gasteiger charge is 2.30. The van der Waals surface area contributed by atoms with Crippen LogP contribution in [-0.2, 0) is 13.0 Å². The largest absolute Gasteiger partial charge is 0.389 e. The molecule has 192 valence electrons. The normalized spacial score (nSPS) is 17.8. The van der Waals surface area contributed by atoms with E-state index < -0.39 is 11.9 Å². The first kappa shape index (κ1) is 25.4. The Balaban J connectivity index is 1.38. The van der Waals surface area contributed by atoms with Crippen molar-refractivity contribution >= 4 is 40.9 Å². The van der Waals surface area contributed by atoms with Crippen LogP contribution in [0.2, 0.25) is 10.0 Å². The Morgan fingerprint density at radius 3 is 2.76 bits per heavy atom. The fourth-order valence-corrected chi connectivity index (χ4v) is 5.07. The van der Waals surface area contributed by atoms with Crippen molar-refractivity contribution in [1.29, 1.82) is 0 Å². The number of aliphatic imine (C=N–C) groups is 1. The first-order valence-electron chi connectivity index (χ1n) is 12.1. The van der Waals surface area contributed by atoms with E-state index in [1.807, 2.05) is 24.0 Å². The third-order valence-electron chi connectivity index (χ3n) is 6.58. The van der Waals surface area contributed by atoms with Gasteiger partial charge in [-0.1, -0.05) is 48.3 Å². The molecule has 0 bridgehead atoms. The van der Waals surface area contributed by atoms with Crippen molar-refractivity contribution in [3.05, 3.63) is 97.5 Å². The predicted molar refractivity (Wildman–Crippen MR) is 144 cm³/mol. The van der Waals surface area contributed by atoms with Crippen molar-refractivity contribution in [2.75, 3.05) is 13.1 Å². The van der Waals surface area contributed by atoms with Crippen LogP contribution < -0.4 is 10.9 Å². The van der Waals surface area contributed by atoms with Crippen molar-refractivity contribution in [3.63, 3.8) is 0 Å². The number of guanidine groups is 1. The minimum Gasteiger partial charge on any atom is -0.389 e. The number of aliphatic hydroxyl groups is 1. The lowest BCUT2D eigenvalue weighted by molar-refractivity contribution is 0.0447. The Labute approximate surface area is 223 Å². The van der Waals surface area contributed by atoms with E-state index in [1.165, 1.54) is 6.07 Å². The van der Waals surface area contributed by atoms with Gasteiger partial charge in [0.25, 0.3) is 5.56 Å². The molecule has 2 heterocycles. The second kappa shape index (κ2) is 10.7. The summed E-state index contributed by atoms with van der Waals surface area (Å²) in [7, 11) is 0. The zero-order valence-corrected chi connectivity index (χ0v) is 21.7. The molecule has 1 atom stereocenters. The van der Waals surface area contributed by atoms with Crippen LogP contribution in [0.3, 0.4) is 0 Å². The van der Waals surface area contributed by atoms with Gasteiger partial charge in [-0.3, -0.25) is 9.36 Å². The van der Waals surface area contributed by atoms with Crippen molar-refractivity contribution < 1.29 is 9.50 Å². The Morgan fingerprint density at radius 1 is 1.24 bits per heavy atom. The van der Waals surface area contributed by atoms with E-state index in [4.69, 9.17) is 23.2 Å². The van der Waals surface area contributed by atoms with Gasteiger partial charge >= 0.3 is 0 Å². The summed E-state index contributed by atoms with van der Waals surface area (Å²) in [5, 5.41) is 14.2. The van der Waals surface area contributed by atoms with E-state index >= 15 is 0 Å². The number of β-amino-alcohol motifs (C(OH)–C–C–N with tert-alkyl or cyclic N) is 1. The topological polar surface area (TPSA) is 82.8 Å². The fourth-order valence-electron chi connectivity index (χ4n) is 4.57. The van der Waals surface area contributed by atoms with Gasteiger partial charge in [0.2, 0.25) is 5.96 Å². The molecule has 5 rings (SSSR count).